The molecule has 0 atom stereocenters. The molecule has 0 aliphatic carbocycles. The molecular weight excluding hydrogens is 280 g/mol. The Labute approximate surface area is 119 Å². The van der Waals surface area contributed by atoms with Gasteiger partial charge in [-0.15, -0.1) is 5.11 Å². The van der Waals surface area contributed by atoms with Gasteiger partial charge in [0.25, 0.3) is 5.56 Å². The van der Waals surface area contributed by atoms with E-state index in [2.05, 4.69) is 15.2 Å². The van der Waals surface area contributed by atoms with Crippen molar-refractivity contribution in [1.82, 2.24) is 4.98 Å². The molecule has 0 fully saturated rings. The molecule has 1 heterocycles. The van der Waals surface area contributed by atoms with Gasteiger partial charge < -0.3 is 5.11 Å². The van der Waals surface area contributed by atoms with Crippen molar-refractivity contribution in [3.8, 4) is 11.9 Å². The van der Waals surface area contributed by atoms with Gasteiger partial charge in [0.05, 0.1) is 5.69 Å². The zero-order chi connectivity index (χ0) is 14.7. The first kappa shape index (κ1) is 13.8. The molecule has 0 spiro atoms. The predicted molar refractivity (Wildman–Crippen MR) is 73.8 cm³/mol. The highest BCUT2D eigenvalue weighted by Gasteiger charge is 2.13. The Balaban J connectivity index is 2.50. The van der Waals surface area contributed by atoms with Crippen molar-refractivity contribution in [3.05, 3.63) is 50.8 Å². The minimum absolute atomic E-state index is 0.0284. The van der Waals surface area contributed by atoms with Crippen LogP contribution in [0.1, 0.15) is 11.1 Å². The van der Waals surface area contributed by atoms with E-state index in [4.69, 9.17) is 16.9 Å². The van der Waals surface area contributed by atoms with Gasteiger partial charge in [0.2, 0.25) is 5.88 Å². The molecule has 1 aromatic heterocycles. The summed E-state index contributed by atoms with van der Waals surface area (Å²) in [6, 6.07) is 8.44. The third-order valence-electron chi connectivity index (χ3n) is 2.60. The van der Waals surface area contributed by atoms with Crippen molar-refractivity contribution in [2.24, 2.45) is 10.2 Å². The highest BCUT2D eigenvalue weighted by atomic mass is 35.5. The maximum atomic E-state index is 11.7. The number of aromatic nitrogens is 1. The van der Waals surface area contributed by atoms with E-state index in [9.17, 15) is 9.90 Å². The number of H-pyrrole nitrogens is 1. The fraction of sp³-hybridized carbons (Fsp3) is 0.0769. The van der Waals surface area contributed by atoms with Crippen LogP contribution in [0.15, 0.2) is 39.3 Å². The van der Waals surface area contributed by atoms with Crippen molar-refractivity contribution in [3.63, 3.8) is 0 Å². The maximum absolute atomic E-state index is 11.7. The number of benzene rings is 1. The van der Waals surface area contributed by atoms with Crippen molar-refractivity contribution in [2.45, 2.75) is 6.92 Å². The zero-order valence-corrected chi connectivity index (χ0v) is 11.1. The Bertz CT molecular complexity index is 790. The first-order valence-electron chi connectivity index (χ1n) is 5.56. The quantitative estimate of drug-likeness (QED) is 0.828. The van der Waals surface area contributed by atoms with Gasteiger partial charge in [-0.3, -0.25) is 9.78 Å². The molecule has 100 valence electrons. The Hall–Kier alpha value is -2.65. The van der Waals surface area contributed by atoms with Gasteiger partial charge in [0.15, 0.2) is 5.69 Å². The van der Waals surface area contributed by atoms with Crippen LogP contribution in [0.2, 0.25) is 5.02 Å². The normalized spacial score (nSPS) is 10.7. The summed E-state index contributed by atoms with van der Waals surface area (Å²) in [6.45, 7) is 1.51. The lowest BCUT2D eigenvalue weighted by molar-refractivity contribution is 0.449. The fourth-order valence-corrected chi connectivity index (χ4v) is 1.78. The minimum Gasteiger partial charge on any atom is -0.494 e. The van der Waals surface area contributed by atoms with Crippen LogP contribution in [0.25, 0.3) is 0 Å². The molecule has 1 aromatic carbocycles. The summed E-state index contributed by atoms with van der Waals surface area (Å²) in [5, 5.41) is 26.6. The van der Waals surface area contributed by atoms with Crippen LogP contribution >= 0.6 is 11.6 Å². The fourth-order valence-electron chi connectivity index (χ4n) is 1.60. The Morgan fingerprint density at radius 1 is 1.40 bits per heavy atom. The third kappa shape index (κ3) is 2.68. The summed E-state index contributed by atoms with van der Waals surface area (Å²) in [7, 11) is 0. The monoisotopic (exact) mass is 288 g/mol. The third-order valence-corrected chi connectivity index (χ3v) is 2.83. The molecule has 20 heavy (non-hydrogen) atoms. The molecule has 2 aromatic rings. The molecule has 0 bridgehead atoms. The summed E-state index contributed by atoms with van der Waals surface area (Å²) >= 11 is 5.81. The second-order valence-corrected chi connectivity index (χ2v) is 4.38. The van der Waals surface area contributed by atoms with Crippen LogP contribution < -0.4 is 5.56 Å². The molecule has 6 nitrogen and oxygen atoms in total. The molecule has 0 unspecified atom stereocenters. The van der Waals surface area contributed by atoms with Crippen LogP contribution in [0.3, 0.4) is 0 Å². The topological polar surface area (TPSA) is 102 Å². The molecule has 2 N–H and O–H groups in total. The highest BCUT2D eigenvalue weighted by Crippen LogP contribution is 2.25. The Morgan fingerprint density at radius 3 is 2.80 bits per heavy atom. The van der Waals surface area contributed by atoms with Crippen LogP contribution in [0.4, 0.5) is 11.4 Å². The number of aromatic amines is 1. The number of hydrogen-bond donors (Lipinski definition) is 2. The van der Waals surface area contributed by atoms with Gasteiger partial charge >= 0.3 is 0 Å². The van der Waals surface area contributed by atoms with Gasteiger partial charge in [-0.1, -0.05) is 17.7 Å². The first-order chi connectivity index (χ1) is 9.52. The van der Waals surface area contributed by atoms with Crippen molar-refractivity contribution in [1.29, 1.82) is 5.26 Å². The molecule has 0 saturated heterocycles. The van der Waals surface area contributed by atoms with Crippen LogP contribution in [0, 0.1) is 18.3 Å². The summed E-state index contributed by atoms with van der Waals surface area (Å²) in [5.74, 6) is -0.475. The highest BCUT2D eigenvalue weighted by molar-refractivity contribution is 6.30. The van der Waals surface area contributed by atoms with Crippen LogP contribution in [-0.4, -0.2) is 10.1 Å². The molecule has 0 amide bonds. The second-order valence-electron chi connectivity index (χ2n) is 3.94. The number of nitrogens with one attached hydrogen (secondary N) is 1. The Morgan fingerprint density at radius 2 is 2.15 bits per heavy atom. The van der Waals surface area contributed by atoms with E-state index in [0.717, 1.165) is 0 Å². The van der Waals surface area contributed by atoms with Gasteiger partial charge in [-0.05, 0) is 25.1 Å². The standard InChI is InChI=1S/C13H9ClN4O2/c1-7-10(6-15)12(19)16-13(20)11(7)18-17-9-4-2-3-8(14)5-9/h2-5H,1H3,(H2,16,19,20). The molecule has 0 saturated carbocycles. The first-order valence-corrected chi connectivity index (χ1v) is 5.94. The molecule has 0 radical (unpaired) electrons. The van der Waals surface area contributed by atoms with Gasteiger partial charge in [-0.25, -0.2) is 0 Å². The van der Waals surface area contributed by atoms with Crippen LogP contribution in [0.5, 0.6) is 5.88 Å². The largest absolute Gasteiger partial charge is 0.494 e. The van der Waals surface area contributed by atoms with Gasteiger partial charge in [-0.2, -0.15) is 10.4 Å². The number of halogens is 1. The molecule has 0 aliphatic rings. The number of azo groups is 1. The molecule has 7 heteroatoms. The van der Waals surface area contributed by atoms with E-state index in [1.165, 1.54) is 6.92 Å². The predicted octanol–water partition coefficient (Wildman–Crippen LogP) is 3.33. The zero-order valence-electron chi connectivity index (χ0n) is 10.4. The van der Waals surface area contributed by atoms with Gasteiger partial charge in [0.1, 0.15) is 11.6 Å². The molecule has 2 rings (SSSR count). The molecule has 0 aliphatic heterocycles. The number of aromatic hydroxyl groups is 1. The number of hydrogen-bond acceptors (Lipinski definition) is 5. The maximum Gasteiger partial charge on any atom is 0.278 e. The minimum atomic E-state index is -0.621. The number of nitriles is 1. The van der Waals surface area contributed by atoms with E-state index >= 15 is 0 Å². The van der Waals surface area contributed by atoms with E-state index in [0.29, 0.717) is 10.7 Å². The van der Waals surface area contributed by atoms with E-state index in [-0.39, 0.29) is 16.8 Å². The average molecular weight is 289 g/mol. The average Bonchev–Trinajstić information content (AvgIpc) is 2.38. The number of rotatable bonds is 2. The molecular formula is C13H9ClN4O2. The lowest BCUT2D eigenvalue weighted by Gasteiger charge is -2.02. The summed E-state index contributed by atoms with van der Waals surface area (Å²) in [5.41, 5.74) is 0.0520. The van der Waals surface area contributed by atoms with E-state index < -0.39 is 11.4 Å². The van der Waals surface area contributed by atoms with Crippen LogP contribution in [-0.2, 0) is 0 Å². The van der Waals surface area contributed by atoms with Crippen molar-refractivity contribution >= 4 is 23.0 Å². The van der Waals surface area contributed by atoms with Gasteiger partial charge in [0, 0.05) is 10.6 Å². The van der Waals surface area contributed by atoms with Crippen molar-refractivity contribution in [2.75, 3.05) is 0 Å². The summed E-state index contributed by atoms with van der Waals surface area (Å²) in [6.07, 6.45) is 0. The SMILES string of the molecule is Cc1c(C#N)c(O)[nH]c(=O)c1N=Nc1cccc(Cl)c1. The smallest absolute Gasteiger partial charge is 0.278 e. The lowest BCUT2D eigenvalue weighted by Crippen LogP contribution is -2.08. The van der Waals surface area contributed by atoms with Crippen molar-refractivity contribution < 1.29 is 5.11 Å². The summed E-state index contributed by atoms with van der Waals surface area (Å²) < 4.78 is 0. The lowest BCUT2D eigenvalue weighted by atomic mass is 10.1. The summed E-state index contributed by atoms with van der Waals surface area (Å²) in [4.78, 5) is 13.9. The van der Waals surface area contributed by atoms with E-state index in [1.807, 2.05) is 0 Å². The Kier molecular flexibility index (Phi) is 3.82. The van der Waals surface area contributed by atoms with E-state index in [1.54, 1.807) is 30.3 Å². The number of pyridine rings is 1. The number of nitrogens with zero attached hydrogens (tertiary/aromatic N) is 3. The second kappa shape index (κ2) is 5.55.